The fourth-order valence-electron chi connectivity index (χ4n) is 3.35. The molecule has 0 spiro atoms. The molecule has 2 N–H and O–H groups in total. The fraction of sp³-hybridized carbons (Fsp3) is 0.458. The lowest BCUT2D eigenvalue weighted by atomic mass is 10.0. The molecule has 2 aromatic carbocycles. The highest BCUT2D eigenvalue weighted by atomic mass is 28.4. The van der Waals surface area contributed by atoms with Crippen LogP contribution in [0, 0.1) is 5.82 Å². The first-order valence-corrected chi connectivity index (χ1v) is 14.0. The van der Waals surface area contributed by atoms with Crippen molar-refractivity contribution in [3.8, 4) is 16.9 Å². The number of aryl methyl sites for hydroxylation is 1. The van der Waals surface area contributed by atoms with Gasteiger partial charge in [0.1, 0.15) is 11.6 Å². The van der Waals surface area contributed by atoms with E-state index < -0.39 is 26.9 Å². The van der Waals surface area contributed by atoms with Crippen molar-refractivity contribution in [3.05, 3.63) is 42.2 Å². The van der Waals surface area contributed by atoms with Gasteiger partial charge < -0.3 is 14.9 Å². The Bertz CT molecular complexity index is 1150. The maximum atomic E-state index is 14.7. The summed E-state index contributed by atoms with van der Waals surface area (Å²) in [5, 5.41) is 5.19. The van der Waals surface area contributed by atoms with Crippen LogP contribution in [-0.4, -0.2) is 37.5 Å². The second kappa shape index (κ2) is 9.57. The van der Waals surface area contributed by atoms with Gasteiger partial charge in [0.15, 0.2) is 20.7 Å². The van der Waals surface area contributed by atoms with E-state index in [9.17, 15) is 17.6 Å². The molecule has 3 aromatic rings. The van der Waals surface area contributed by atoms with Crippen LogP contribution in [0.1, 0.15) is 27.2 Å². The second-order valence-electron chi connectivity index (χ2n) is 9.82. The van der Waals surface area contributed by atoms with E-state index in [1.54, 1.807) is 22.9 Å². The number of aromatic nitrogens is 2. The summed E-state index contributed by atoms with van der Waals surface area (Å²) in [7, 11) is -1.87. The van der Waals surface area contributed by atoms with Crippen LogP contribution in [0.3, 0.4) is 0 Å². The van der Waals surface area contributed by atoms with Gasteiger partial charge in [0.25, 0.3) is 0 Å². The molecule has 0 fully saturated rings. The largest absolute Gasteiger partial charge is 0.483 e. The molecule has 10 heteroatoms. The molecule has 0 amide bonds. The van der Waals surface area contributed by atoms with Crippen molar-refractivity contribution in [2.75, 3.05) is 18.9 Å². The zero-order valence-corrected chi connectivity index (χ0v) is 21.1. The molecule has 3 rings (SSSR count). The monoisotopic (exact) mass is 497 g/mol. The van der Waals surface area contributed by atoms with Gasteiger partial charge in [-0.2, -0.15) is 18.3 Å². The van der Waals surface area contributed by atoms with Crippen molar-refractivity contribution in [1.82, 2.24) is 9.78 Å². The number of rotatable bonds is 8. The van der Waals surface area contributed by atoms with Crippen molar-refractivity contribution in [3.63, 3.8) is 0 Å². The molecule has 0 aliphatic heterocycles. The fourth-order valence-corrected chi connectivity index (χ4v) is 4.44. The van der Waals surface area contributed by atoms with Crippen molar-refractivity contribution < 1.29 is 26.7 Å². The molecule has 34 heavy (non-hydrogen) atoms. The quantitative estimate of drug-likeness (QED) is 0.212. The highest BCUT2D eigenvalue weighted by Crippen LogP contribution is 2.37. The Morgan fingerprint density at radius 2 is 1.79 bits per heavy atom. The van der Waals surface area contributed by atoms with Crippen molar-refractivity contribution in [1.29, 1.82) is 0 Å². The summed E-state index contributed by atoms with van der Waals surface area (Å²) in [6, 6.07) is 8.78. The number of hydrogen-bond donors (Lipinski definition) is 1. The third-order valence-corrected chi connectivity index (χ3v) is 10.8. The van der Waals surface area contributed by atoms with Gasteiger partial charge in [-0.15, -0.1) is 0 Å². The van der Waals surface area contributed by atoms with E-state index in [4.69, 9.17) is 14.9 Å². The maximum absolute atomic E-state index is 14.7. The van der Waals surface area contributed by atoms with Crippen molar-refractivity contribution in [2.45, 2.75) is 58.0 Å². The highest BCUT2D eigenvalue weighted by Gasteiger charge is 2.36. The zero-order valence-electron chi connectivity index (χ0n) is 20.1. The molecule has 1 aromatic heterocycles. The van der Waals surface area contributed by atoms with E-state index in [1.807, 2.05) is 0 Å². The molecule has 0 unspecified atom stereocenters. The summed E-state index contributed by atoms with van der Waals surface area (Å²) in [5.41, 5.74) is 7.07. The van der Waals surface area contributed by atoms with E-state index in [0.717, 1.165) is 0 Å². The first kappa shape index (κ1) is 26.0. The number of halogens is 4. The van der Waals surface area contributed by atoms with E-state index >= 15 is 0 Å². The van der Waals surface area contributed by atoms with Gasteiger partial charge in [0, 0.05) is 18.5 Å². The molecule has 0 bridgehead atoms. The Balaban J connectivity index is 1.86. The molecule has 0 saturated heterocycles. The van der Waals surface area contributed by atoms with Crippen LogP contribution in [0.5, 0.6) is 5.75 Å². The van der Waals surface area contributed by atoms with Crippen LogP contribution in [0.4, 0.5) is 23.4 Å². The lowest BCUT2D eigenvalue weighted by Crippen LogP contribution is -2.41. The summed E-state index contributed by atoms with van der Waals surface area (Å²) in [4.78, 5) is 0. The third-order valence-electron chi connectivity index (χ3n) is 6.22. The Kier molecular flexibility index (Phi) is 7.33. The summed E-state index contributed by atoms with van der Waals surface area (Å²) in [6.07, 6.45) is -3.83. The van der Waals surface area contributed by atoms with Gasteiger partial charge in [0.05, 0.1) is 11.1 Å². The standard InChI is InChI=1S/C24H31F4N3O2Si/c1-23(2,3)34(4,5)33-13-7-12-31-19-14-16(10-11-17(19)22(29)30-31)21-18(25)8-6-9-20(21)32-15-24(26,27)28/h6,8-11,14H,7,12-13,15H2,1-5H3,(H2,29,30). The number of fused-ring (bicyclic) bond motifs is 1. The predicted octanol–water partition coefficient (Wildman–Crippen LogP) is 6.78. The Hall–Kier alpha value is -2.59. The molecule has 0 atom stereocenters. The predicted molar refractivity (Wildman–Crippen MR) is 129 cm³/mol. The minimum atomic E-state index is -4.53. The number of nitrogens with two attached hydrogens (primary N) is 1. The average molecular weight is 498 g/mol. The molecule has 0 saturated carbocycles. The molecule has 5 nitrogen and oxygen atoms in total. The number of benzene rings is 2. The lowest BCUT2D eigenvalue weighted by Gasteiger charge is -2.36. The maximum Gasteiger partial charge on any atom is 0.422 e. The molecule has 186 valence electrons. The summed E-state index contributed by atoms with van der Waals surface area (Å²) in [6.45, 7) is 10.5. The average Bonchev–Trinajstić information content (AvgIpc) is 3.03. The first-order valence-electron chi connectivity index (χ1n) is 11.1. The summed E-state index contributed by atoms with van der Waals surface area (Å²) >= 11 is 0. The number of anilines is 1. The zero-order chi connectivity index (χ0) is 25.3. The highest BCUT2D eigenvalue weighted by molar-refractivity contribution is 6.74. The third kappa shape index (κ3) is 5.90. The first-order chi connectivity index (χ1) is 15.7. The van der Waals surface area contributed by atoms with Gasteiger partial charge in [-0.3, -0.25) is 4.68 Å². The van der Waals surface area contributed by atoms with Crippen LogP contribution in [0.15, 0.2) is 36.4 Å². The lowest BCUT2D eigenvalue weighted by molar-refractivity contribution is -0.153. The molecule has 0 aliphatic rings. The van der Waals surface area contributed by atoms with Crippen LogP contribution in [0.2, 0.25) is 18.1 Å². The number of alkyl halides is 3. The SMILES string of the molecule is CC(C)(C)[Si](C)(C)OCCCn1nc(N)c2ccc(-c3c(F)cccc3OCC(F)(F)F)cc21. The van der Waals surface area contributed by atoms with E-state index in [1.165, 1.54) is 18.2 Å². The topological polar surface area (TPSA) is 62.3 Å². The van der Waals surface area contributed by atoms with E-state index in [0.29, 0.717) is 41.9 Å². The summed E-state index contributed by atoms with van der Waals surface area (Å²) < 4.78 is 65.6. The molecule has 1 heterocycles. The Morgan fingerprint density at radius 1 is 1.09 bits per heavy atom. The van der Waals surface area contributed by atoms with Crippen LogP contribution >= 0.6 is 0 Å². The second-order valence-corrected chi connectivity index (χ2v) is 14.6. The summed E-state index contributed by atoms with van der Waals surface area (Å²) in [5.74, 6) is -0.534. The van der Waals surface area contributed by atoms with Gasteiger partial charge >= 0.3 is 6.18 Å². The van der Waals surface area contributed by atoms with Gasteiger partial charge in [-0.25, -0.2) is 4.39 Å². The number of nitrogens with zero attached hydrogens (tertiary/aromatic N) is 2. The van der Waals surface area contributed by atoms with Crippen LogP contribution in [0.25, 0.3) is 22.0 Å². The molecule has 0 radical (unpaired) electrons. The number of hydrogen-bond acceptors (Lipinski definition) is 4. The van der Waals surface area contributed by atoms with Crippen molar-refractivity contribution >= 4 is 25.0 Å². The van der Waals surface area contributed by atoms with Gasteiger partial charge in [-0.1, -0.05) is 32.9 Å². The van der Waals surface area contributed by atoms with Crippen LogP contribution in [-0.2, 0) is 11.0 Å². The van der Waals surface area contributed by atoms with Crippen LogP contribution < -0.4 is 10.5 Å². The normalized spacial score (nSPS) is 13.0. The Labute approximate surface area is 198 Å². The minimum absolute atomic E-state index is 0.0405. The number of nitrogen functional groups attached to an aromatic ring is 1. The number of ether oxygens (including phenoxy) is 1. The molecule has 0 aliphatic carbocycles. The molecular formula is C24H31F4N3O2Si. The van der Waals surface area contributed by atoms with E-state index in [-0.39, 0.29) is 16.4 Å². The van der Waals surface area contributed by atoms with Gasteiger partial charge in [-0.05, 0) is 54.4 Å². The molecular weight excluding hydrogens is 466 g/mol. The van der Waals surface area contributed by atoms with Gasteiger partial charge in [0.2, 0.25) is 0 Å². The smallest absolute Gasteiger partial charge is 0.422 e. The Morgan fingerprint density at radius 3 is 2.44 bits per heavy atom. The minimum Gasteiger partial charge on any atom is -0.483 e. The van der Waals surface area contributed by atoms with E-state index in [2.05, 4.69) is 39.0 Å². The van der Waals surface area contributed by atoms with Crippen molar-refractivity contribution in [2.24, 2.45) is 0 Å².